The molecule has 2 rings (SSSR count). The zero-order valence-corrected chi connectivity index (χ0v) is 22.5. The summed E-state index contributed by atoms with van der Waals surface area (Å²) in [5.41, 5.74) is 1.03. The summed E-state index contributed by atoms with van der Waals surface area (Å²) in [7, 11) is -2.20. The molecule has 0 unspecified atom stereocenters. The lowest BCUT2D eigenvalue weighted by Crippen LogP contribution is -2.49. The number of halogens is 2. The molecule has 0 fully saturated rings. The number of rotatable bonds is 13. The van der Waals surface area contributed by atoms with E-state index in [1.165, 1.54) is 34.5 Å². The normalized spacial score (nSPS) is 12.1. The summed E-state index contributed by atoms with van der Waals surface area (Å²) in [5.74, 6) is -0.567. The van der Waals surface area contributed by atoms with E-state index in [0.29, 0.717) is 30.0 Å². The molecule has 0 radical (unpaired) electrons. The Morgan fingerprint density at radius 2 is 1.81 bits per heavy atom. The van der Waals surface area contributed by atoms with Crippen LogP contribution >= 0.6 is 11.6 Å². The Morgan fingerprint density at radius 3 is 2.33 bits per heavy atom. The topological polar surface area (TPSA) is 96.0 Å². The minimum Gasteiger partial charge on any atom is -0.495 e. The summed E-state index contributed by atoms with van der Waals surface area (Å²) in [5, 5.41) is 3.02. The number of nitrogens with one attached hydrogen (secondary N) is 1. The number of methoxy groups -OCH3 is 1. The number of amides is 2. The van der Waals surface area contributed by atoms with Crippen molar-refractivity contribution in [1.82, 2.24) is 10.2 Å². The maximum absolute atomic E-state index is 13.4. The molecule has 0 saturated heterocycles. The van der Waals surface area contributed by atoms with Crippen LogP contribution in [0.3, 0.4) is 0 Å². The molecular formula is C25H33ClFN3O5S. The fourth-order valence-corrected chi connectivity index (χ4v) is 5.02. The lowest BCUT2D eigenvalue weighted by atomic mass is 10.1. The highest BCUT2D eigenvalue weighted by Gasteiger charge is 2.28. The van der Waals surface area contributed by atoms with Gasteiger partial charge in [-0.3, -0.25) is 13.9 Å². The SMILES string of the molecule is CCNC(=O)[C@H](CC)N(Cc1ccc(F)cc1)C(=O)CCCN(c1ccc(OC)c(Cl)c1)S(C)(=O)=O. The molecular weight excluding hydrogens is 509 g/mol. The van der Waals surface area contributed by atoms with Crippen LogP contribution in [0.2, 0.25) is 5.02 Å². The lowest BCUT2D eigenvalue weighted by Gasteiger charge is -2.31. The predicted molar refractivity (Wildman–Crippen MR) is 139 cm³/mol. The van der Waals surface area contributed by atoms with Crippen LogP contribution < -0.4 is 14.4 Å². The first-order valence-corrected chi connectivity index (χ1v) is 13.9. The van der Waals surface area contributed by atoms with Crippen LogP contribution in [0, 0.1) is 5.82 Å². The van der Waals surface area contributed by atoms with Gasteiger partial charge < -0.3 is 15.0 Å². The van der Waals surface area contributed by atoms with Crippen molar-refractivity contribution in [2.75, 3.05) is 30.8 Å². The molecule has 0 aliphatic rings. The highest BCUT2D eigenvalue weighted by atomic mass is 35.5. The number of likely N-dealkylation sites (N-methyl/N-ethyl adjacent to an activating group) is 1. The van der Waals surface area contributed by atoms with Gasteiger partial charge in [0.2, 0.25) is 21.8 Å². The number of hydrogen-bond donors (Lipinski definition) is 1. The fraction of sp³-hybridized carbons (Fsp3) is 0.440. The van der Waals surface area contributed by atoms with E-state index in [0.717, 1.165) is 6.26 Å². The van der Waals surface area contributed by atoms with E-state index in [9.17, 15) is 22.4 Å². The number of carbonyl (C=O) groups excluding carboxylic acids is 2. The molecule has 0 aromatic heterocycles. The van der Waals surface area contributed by atoms with Gasteiger partial charge >= 0.3 is 0 Å². The molecule has 11 heteroatoms. The maximum Gasteiger partial charge on any atom is 0.242 e. The summed E-state index contributed by atoms with van der Waals surface area (Å²) in [6.07, 6.45) is 1.68. The maximum atomic E-state index is 13.4. The number of benzene rings is 2. The molecule has 0 aliphatic heterocycles. The van der Waals surface area contributed by atoms with Gasteiger partial charge in [0.25, 0.3) is 0 Å². The van der Waals surface area contributed by atoms with Gasteiger partial charge in [-0.15, -0.1) is 0 Å². The second-order valence-electron chi connectivity index (χ2n) is 8.22. The van der Waals surface area contributed by atoms with Gasteiger partial charge in [0.05, 0.1) is 24.1 Å². The van der Waals surface area contributed by atoms with Crippen LogP contribution in [0.1, 0.15) is 38.7 Å². The van der Waals surface area contributed by atoms with Crippen molar-refractivity contribution in [3.05, 3.63) is 58.9 Å². The van der Waals surface area contributed by atoms with Gasteiger partial charge in [-0.1, -0.05) is 30.7 Å². The molecule has 1 atom stereocenters. The quantitative estimate of drug-likeness (QED) is 0.414. The minimum absolute atomic E-state index is 0.00695. The van der Waals surface area contributed by atoms with Crippen molar-refractivity contribution in [2.45, 2.75) is 45.7 Å². The first-order chi connectivity index (χ1) is 17.0. The highest BCUT2D eigenvalue weighted by Crippen LogP contribution is 2.30. The van der Waals surface area contributed by atoms with Crippen LogP contribution in [-0.2, 0) is 26.2 Å². The van der Waals surface area contributed by atoms with Crippen LogP contribution in [0.15, 0.2) is 42.5 Å². The van der Waals surface area contributed by atoms with Crippen LogP contribution in [0.25, 0.3) is 0 Å². The van der Waals surface area contributed by atoms with Crippen molar-refractivity contribution < 1.29 is 27.1 Å². The second-order valence-corrected chi connectivity index (χ2v) is 10.5. The van der Waals surface area contributed by atoms with Gasteiger partial charge in [-0.25, -0.2) is 12.8 Å². The van der Waals surface area contributed by atoms with Gasteiger partial charge in [0, 0.05) is 26.1 Å². The smallest absolute Gasteiger partial charge is 0.242 e. The third kappa shape index (κ3) is 8.09. The highest BCUT2D eigenvalue weighted by molar-refractivity contribution is 7.92. The first kappa shape index (κ1) is 29.4. The van der Waals surface area contributed by atoms with E-state index in [1.807, 2.05) is 6.92 Å². The van der Waals surface area contributed by atoms with E-state index < -0.39 is 21.9 Å². The van der Waals surface area contributed by atoms with E-state index in [-0.39, 0.29) is 42.8 Å². The molecule has 0 bridgehead atoms. The molecule has 1 N–H and O–H groups in total. The summed E-state index contributed by atoms with van der Waals surface area (Å²) >= 11 is 6.17. The van der Waals surface area contributed by atoms with Crippen molar-refractivity contribution in [3.8, 4) is 5.75 Å². The average molecular weight is 542 g/mol. The average Bonchev–Trinajstić information content (AvgIpc) is 2.82. The van der Waals surface area contributed by atoms with Crippen molar-refractivity contribution in [1.29, 1.82) is 0 Å². The monoisotopic (exact) mass is 541 g/mol. The van der Waals surface area contributed by atoms with E-state index >= 15 is 0 Å². The number of anilines is 1. The minimum atomic E-state index is -3.66. The van der Waals surface area contributed by atoms with E-state index in [2.05, 4.69) is 5.32 Å². The lowest BCUT2D eigenvalue weighted by molar-refractivity contribution is -0.141. The van der Waals surface area contributed by atoms with E-state index in [1.54, 1.807) is 31.2 Å². The number of hydrogen-bond acceptors (Lipinski definition) is 5. The van der Waals surface area contributed by atoms with Crippen LogP contribution in [0.4, 0.5) is 10.1 Å². The molecule has 2 aromatic rings. The Hall–Kier alpha value is -2.85. The van der Waals surface area contributed by atoms with Crippen LogP contribution in [-0.4, -0.2) is 57.6 Å². The van der Waals surface area contributed by atoms with Gasteiger partial charge in [0.15, 0.2) is 0 Å². The molecule has 198 valence electrons. The Kier molecular flexibility index (Phi) is 11.0. The number of ether oxygens (including phenoxy) is 1. The predicted octanol–water partition coefficient (Wildman–Crippen LogP) is 3.98. The first-order valence-electron chi connectivity index (χ1n) is 11.6. The Balaban J connectivity index is 2.21. The van der Waals surface area contributed by atoms with Gasteiger partial charge in [-0.05, 0) is 55.7 Å². The van der Waals surface area contributed by atoms with Crippen molar-refractivity contribution >= 4 is 39.1 Å². The van der Waals surface area contributed by atoms with Gasteiger partial charge in [-0.2, -0.15) is 0 Å². The van der Waals surface area contributed by atoms with Crippen molar-refractivity contribution in [2.24, 2.45) is 0 Å². The zero-order chi connectivity index (χ0) is 26.9. The Labute approximate surface area is 217 Å². The molecule has 36 heavy (non-hydrogen) atoms. The molecule has 0 saturated carbocycles. The summed E-state index contributed by atoms with van der Waals surface area (Å²) in [6.45, 7) is 4.18. The molecule has 0 spiro atoms. The molecule has 0 aliphatic carbocycles. The zero-order valence-electron chi connectivity index (χ0n) is 21.0. The fourth-order valence-electron chi connectivity index (χ4n) is 3.81. The second kappa shape index (κ2) is 13.5. The molecule has 8 nitrogen and oxygen atoms in total. The number of sulfonamides is 1. The summed E-state index contributed by atoms with van der Waals surface area (Å²) in [6, 6.07) is 9.67. The molecule has 0 heterocycles. The Morgan fingerprint density at radius 1 is 1.14 bits per heavy atom. The summed E-state index contributed by atoms with van der Waals surface area (Å²) in [4.78, 5) is 27.4. The third-order valence-corrected chi connectivity index (χ3v) is 7.07. The van der Waals surface area contributed by atoms with Gasteiger partial charge in [0.1, 0.15) is 17.6 Å². The van der Waals surface area contributed by atoms with Crippen molar-refractivity contribution in [3.63, 3.8) is 0 Å². The van der Waals surface area contributed by atoms with Crippen LogP contribution in [0.5, 0.6) is 5.75 Å². The molecule has 2 aromatic carbocycles. The largest absolute Gasteiger partial charge is 0.495 e. The third-order valence-electron chi connectivity index (χ3n) is 5.58. The molecule has 2 amide bonds. The Bertz CT molecular complexity index is 1140. The summed E-state index contributed by atoms with van der Waals surface area (Å²) < 4.78 is 44.6. The number of nitrogens with zero attached hydrogens (tertiary/aromatic N) is 2. The van der Waals surface area contributed by atoms with E-state index in [4.69, 9.17) is 16.3 Å². The number of carbonyl (C=O) groups is 2. The standard InChI is InChI=1S/C25H33ClFN3O5S/c1-5-22(25(32)28-6-2)29(17-18-9-11-19(27)12-10-18)24(31)8-7-15-30(36(4,33)34)20-13-14-23(35-3)21(26)16-20/h9-14,16,22H,5-8,15,17H2,1-4H3,(H,28,32)/t22-/m0/s1.